The van der Waals surface area contributed by atoms with Crippen molar-refractivity contribution in [3.05, 3.63) is 41.6 Å². The topological polar surface area (TPSA) is 91.7 Å². The Bertz CT molecular complexity index is 1080. The first-order valence-corrected chi connectivity index (χ1v) is 10.7. The van der Waals surface area contributed by atoms with Crippen LogP contribution in [0.2, 0.25) is 0 Å². The van der Waals surface area contributed by atoms with Crippen LogP contribution in [0.3, 0.4) is 0 Å². The predicted molar refractivity (Wildman–Crippen MR) is 116 cm³/mol. The summed E-state index contributed by atoms with van der Waals surface area (Å²) in [5.74, 6) is -1.26. The number of fused-ring (bicyclic) bond motifs is 1. The van der Waals surface area contributed by atoms with E-state index < -0.39 is 17.8 Å². The molecule has 0 radical (unpaired) electrons. The fraction of sp³-hybridized carbons (Fsp3) is 0.391. The van der Waals surface area contributed by atoms with E-state index in [1.165, 1.54) is 6.08 Å². The van der Waals surface area contributed by atoms with Gasteiger partial charge in [0.2, 0.25) is 5.91 Å². The lowest BCUT2D eigenvalue weighted by Gasteiger charge is -2.24. The molecule has 4 rings (SSSR count). The van der Waals surface area contributed by atoms with E-state index in [1.54, 1.807) is 13.1 Å². The number of nitrogens with zero attached hydrogens (tertiary/aromatic N) is 3. The Morgan fingerprint density at radius 2 is 1.77 bits per heavy atom. The largest absolute Gasteiger partial charge is 0.341 e. The van der Waals surface area contributed by atoms with Crippen molar-refractivity contribution >= 4 is 40.7 Å². The lowest BCUT2D eigenvalue weighted by molar-refractivity contribution is -0.132. The van der Waals surface area contributed by atoms with E-state index in [4.69, 9.17) is 0 Å². The van der Waals surface area contributed by atoms with Gasteiger partial charge in [-0.25, -0.2) is 4.79 Å². The monoisotopic (exact) mass is 422 g/mol. The Morgan fingerprint density at radius 1 is 1.06 bits per heavy atom. The number of para-hydroxylation sites is 1. The van der Waals surface area contributed by atoms with Crippen LogP contribution >= 0.6 is 0 Å². The fourth-order valence-corrected chi connectivity index (χ4v) is 4.22. The average Bonchev–Trinajstić information content (AvgIpc) is 2.92. The SMILES string of the molecule is CCN1C(=O)NC(=O)/C(=C\c2cn(CC(=O)N3CCCCCC3)c3ccccc23)C1=O. The Kier molecular flexibility index (Phi) is 5.88. The Labute approximate surface area is 180 Å². The van der Waals surface area contributed by atoms with Gasteiger partial charge in [-0.05, 0) is 31.9 Å². The third-order valence-corrected chi connectivity index (χ3v) is 5.89. The highest BCUT2D eigenvalue weighted by atomic mass is 16.2. The van der Waals surface area contributed by atoms with Crippen molar-refractivity contribution in [3.63, 3.8) is 0 Å². The van der Waals surface area contributed by atoms with Crippen LogP contribution in [0.1, 0.15) is 38.2 Å². The van der Waals surface area contributed by atoms with Gasteiger partial charge in [-0.3, -0.25) is 24.6 Å². The summed E-state index contributed by atoms with van der Waals surface area (Å²) in [6.07, 6.45) is 7.66. The molecule has 1 aromatic heterocycles. The van der Waals surface area contributed by atoms with Crippen molar-refractivity contribution < 1.29 is 19.2 Å². The summed E-state index contributed by atoms with van der Waals surface area (Å²) < 4.78 is 1.86. The number of carbonyl (C=O) groups excluding carboxylic acids is 4. The molecule has 31 heavy (non-hydrogen) atoms. The van der Waals surface area contributed by atoms with E-state index in [9.17, 15) is 19.2 Å². The average molecular weight is 422 g/mol. The number of carbonyl (C=O) groups is 4. The maximum Gasteiger partial charge on any atom is 0.331 e. The molecule has 2 aromatic rings. The molecule has 0 saturated carbocycles. The van der Waals surface area contributed by atoms with Gasteiger partial charge in [-0.1, -0.05) is 31.0 Å². The lowest BCUT2D eigenvalue weighted by atomic mass is 10.1. The maximum absolute atomic E-state index is 12.9. The molecule has 8 nitrogen and oxygen atoms in total. The summed E-state index contributed by atoms with van der Waals surface area (Å²) in [5.41, 5.74) is 1.41. The molecule has 5 amide bonds. The molecule has 2 aliphatic rings. The van der Waals surface area contributed by atoms with Gasteiger partial charge < -0.3 is 9.47 Å². The van der Waals surface area contributed by atoms with Crippen molar-refractivity contribution in [3.8, 4) is 0 Å². The van der Waals surface area contributed by atoms with Crippen LogP contribution in [-0.2, 0) is 20.9 Å². The van der Waals surface area contributed by atoms with Gasteiger partial charge in [0, 0.05) is 42.3 Å². The Balaban J connectivity index is 1.67. The third-order valence-electron chi connectivity index (χ3n) is 5.89. The van der Waals surface area contributed by atoms with Crippen LogP contribution in [-0.4, -0.2) is 57.8 Å². The quantitative estimate of drug-likeness (QED) is 0.605. The molecule has 0 spiro atoms. The van der Waals surface area contributed by atoms with Gasteiger partial charge >= 0.3 is 6.03 Å². The summed E-state index contributed by atoms with van der Waals surface area (Å²) >= 11 is 0. The summed E-state index contributed by atoms with van der Waals surface area (Å²) in [4.78, 5) is 52.7. The summed E-state index contributed by atoms with van der Waals surface area (Å²) in [5, 5.41) is 3.04. The minimum atomic E-state index is -0.711. The normalized spacial score (nSPS) is 19.1. The van der Waals surface area contributed by atoms with E-state index in [0.29, 0.717) is 5.56 Å². The number of likely N-dealkylation sites (tertiary alicyclic amines) is 1. The van der Waals surface area contributed by atoms with Crippen molar-refractivity contribution in [2.45, 2.75) is 39.2 Å². The zero-order chi connectivity index (χ0) is 22.0. The highest BCUT2D eigenvalue weighted by Crippen LogP contribution is 2.25. The molecule has 2 fully saturated rings. The molecule has 1 N–H and O–H groups in total. The van der Waals surface area contributed by atoms with Crippen LogP contribution < -0.4 is 5.32 Å². The lowest BCUT2D eigenvalue weighted by Crippen LogP contribution is -2.53. The molecule has 0 unspecified atom stereocenters. The van der Waals surface area contributed by atoms with Gasteiger partial charge in [0.05, 0.1) is 0 Å². The first kappa shape index (κ1) is 20.8. The second-order valence-corrected chi connectivity index (χ2v) is 7.89. The number of imide groups is 2. The van der Waals surface area contributed by atoms with Gasteiger partial charge in [-0.2, -0.15) is 0 Å². The highest BCUT2D eigenvalue weighted by molar-refractivity contribution is 6.31. The third kappa shape index (κ3) is 4.10. The zero-order valence-electron chi connectivity index (χ0n) is 17.6. The number of rotatable bonds is 4. The second-order valence-electron chi connectivity index (χ2n) is 7.89. The Morgan fingerprint density at radius 3 is 2.48 bits per heavy atom. The maximum atomic E-state index is 12.9. The standard InChI is InChI=1S/C23H26N4O4/c1-2-27-22(30)18(21(29)24-23(27)31)13-16-14-26(19-10-6-5-9-17(16)19)15-20(28)25-11-7-3-4-8-12-25/h5-6,9-10,13-14H,2-4,7-8,11-12,15H2,1H3,(H,24,29,31)/b18-13+. The van der Waals surface area contributed by atoms with Crippen molar-refractivity contribution in [1.82, 2.24) is 19.7 Å². The van der Waals surface area contributed by atoms with E-state index in [0.717, 1.165) is 54.6 Å². The van der Waals surface area contributed by atoms with E-state index >= 15 is 0 Å². The number of hydrogen-bond acceptors (Lipinski definition) is 4. The van der Waals surface area contributed by atoms with Gasteiger partial charge in [0.15, 0.2) is 0 Å². The van der Waals surface area contributed by atoms with Crippen LogP contribution in [0, 0.1) is 0 Å². The number of hydrogen-bond donors (Lipinski definition) is 1. The smallest absolute Gasteiger partial charge is 0.331 e. The first-order chi connectivity index (χ1) is 15.0. The Hall–Kier alpha value is -3.42. The summed E-state index contributed by atoms with van der Waals surface area (Å²) in [6, 6.07) is 6.86. The van der Waals surface area contributed by atoms with Crippen molar-refractivity contribution in [2.24, 2.45) is 0 Å². The molecule has 2 saturated heterocycles. The minimum absolute atomic E-state index is 0.0658. The van der Waals surface area contributed by atoms with Crippen LogP contribution in [0.4, 0.5) is 4.79 Å². The van der Waals surface area contributed by atoms with Crippen LogP contribution in [0.5, 0.6) is 0 Å². The number of barbiturate groups is 1. The number of benzene rings is 1. The zero-order valence-corrected chi connectivity index (χ0v) is 17.6. The molecule has 1 aromatic carbocycles. The number of aromatic nitrogens is 1. The van der Waals surface area contributed by atoms with Crippen LogP contribution in [0.15, 0.2) is 36.0 Å². The molecule has 2 aliphatic heterocycles. The fourth-order valence-electron chi connectivity index (χ4n) is 4.22. The molecule has 0 bridgehead atoms. The van der Waals surface area contributed by atoms with Gasteiger partial charge in [-0.15, -0.1) is 0 Å². The number of nitrogens with one attached hydrogen (secondary N) is 1. The minimum Gasteiger partial charge on any atom is -0.341 e. The van der Waals surface area contributed by atoms with E-state index in [-0.39, 0.29) is 24.6 Å². The van der Waals surface area contributed by atoms with E-state index in [2.05, 4.69) is 5.32 Å². The first-order valence-electron chi connectivity index (χ1n) is 10.7. The van der Waals surface area contributed by atoms with Crippen molar-refractivity contribution in [2.75, 3.05) is 19.6 Å². The van der Waals surface area contributed by atoms with Gasteiger partial charge in [0.1, 0.15) is 12.1 Å². The highest BCUT2D eigenvalue weighted by Gasteiger charge is 2.34. The van der Waals surface area contributed by atoms with Crippen molar-refractivity contribution in [1.29, 1.82) is 0 Å². The molecule has 0 atom stereocenters. The number of amides is 5. The van der Waals surface area contributed by atoms with Gasteiger partial charge in [0.25, 0.3) is 11.8 Å². The number of urea groups is 1. The van der Waals surface area contributed by atoms with E-state index in [1.807, 2.05) is 33.7 Å². The summed E-state index contributed by atoms with van der Waals surface area (Å²) in [6.45, 7) is 3.60. The summed E-state index contributed by atoms with van der Waals surface area (Å²) in [7, 11) is 0. The second kappa shape index (κ2) is 8.75. The molecule has 3 heterocycles. The molecule has 0 aliphatic carbocycles. The molecule has 8 heteroatoms. The predicted octanol–water partition coefficient (Wildman–Crippen LogP) is 2.53. The number of likely N-dealkylation sites (N-methyl/N-ethyl adjacent to an activating group) is 1. The molecular weight excluding hydrogens is 396 g/mol. The molecule has 162 valence electrons. The van der Waals surface area contributed by atoms with Crippen LogP contribution in [0.25, 0.3) is 17.0 Å². The molecular formula is C23H26N4O4.